The van der Waals surface area contributed by atoms with E-state index in [1.54, 1.807) is 23.1 Å². The van der Waals surface area contributed by atoms with Gasteiger partial charge in [-0.25, -0.2) is 0 Å². The minimum absolute atomic E-state index is 0.0734. The van der Waals surface area contributed by atoms with Crippen LogP contribution in [0.2, 0.25) is 0 Å². The largest absolute Gasteiger partial charge is 0.349 e. The second-order valence-electron chi connectivity index (χ2n) is 12.0. The van der Waals surface area contributed by atoms with Gasteiger partial charge in [-0.1, -0.05) is 44.2 Å². The van der Waals surface area contributed by atoms with E-state index in [-0.39, 0.29) is 29.6 Å². The molecule has 0 bridgehead atoms. The fraction of sp³-hybridized carbons (Fsp3) is 0.483. The molecule has 5 rings (SSSR count). The fourth-order valence-electron chi connectivity index (χ4n) is 5.78. The molecular weight excluding hydrogens is 480 g/mol. The lowest BCUT2D eigenvalue weighted by atomic mass is 9.87. The Bertz CT molecular complexity index is 1350. The molecule has 2 aromatic carbocycles. The Labute approximate surface area is 222 Å². The molecule has 9 heteroatoms. The predicted molar refractivity (Wildman–Crippen MR) is 144 cm³/mol. The van der Waals surface area contributed by atoms with E-state index in [9.17, 15) is 14.4 Å². The highest BCUT2D eigenvalue weighted by molar-refractivity contribution is 6.00. The summed E-state index contributed by atoms with van der Waals surface area (Å²) in [6.07, 6.45) is 1.86. The number of hydrogen-bond donors (Lipinski definition) is 3. The van der Waals surface area contributed by atoms with Crippen LogP contribution in [-0.2, 0) is 27.2 Å². The zero-order valence-electron chi connectivity index (χ0n) is 22.6. The molecule has 1 unspecified atom stereocenters. The lowest BCUT2D eigenvalue weighted by Crippen LogP contribution is -2.67. The van der Waals surface area contributed by atoms with Gasteiger partial charge < -0.3 is 15.5 Å². The summed E-state index contributed by atoms with van der Waals surface area (Å²) in [5.74, 6) is -0.698. The lowest BCUT2D eigenvalue weighted by molar-refractivity contribution is -0.158. The van der Waals surface area contributed by atoms with E-state index in [2.05, 4.69) is 38.2 Å². The van der Waals surface area contributed by atoms with Crippen LogP contribution in [0.1, 0.15) is 63.8 Å². The van der Waals surface area contributed by atoms with Crippen molar-refractivity contribution in [1.82, 2.24) is 30.9 Å². The van der Waals surface area contributed by atoms with E-state index in [1.807, 2.05) is 46.8 Å². The third-order valence-corrected chi connectivity index (χ3v) is 7.39. The van der Waals surface area contributed by atoms with Crippen LogP contribution in [0, 0.1) is 11.8 Å². The van der Waals surface area contributed by atoms with Gasteiger partial charge in [0.25, 0.3) is 0 Å². The van der Waals surface area contributed by atoms with E-state index >= 15 is 0 Å². The predicted octanol–water partition coefficient (Wildman–Crippen LogP) is 3.07. The van der Waals surface area contributed by atoms with Crippen LogP contribution in [-0.4, -0.2) is 55.7 Å². The number of hydrogen-bond acceptors (Lipinski definition) is 5. The summed E-state index contributed by atoms with van der Waals surface area (Å²) >= 11 is 0. The molecule has 1 aliphatic heterocycles. The summed E-state index contributed by atoms with van der Waals surface area (Å²) in [5, 5.41) is 17.0. The number of aromatic nitrogens is 3. The number of carbonyl (C=O) groups is 3. The molecular formula is C29H36N6O3. The van der Waals surface area contributed by atoms with Gasteiger partial charge in [-0.2, -0.15) is 15.4 Å². The van der Waals surface area contributed by atoms with Crippen molar-refractivity contribution in [3.63, 3.8) is 0 Å². The van der Waals surface area contributed by atoms with Crippen LogP contribution in [0.4, 0.5) is 0 Å². The fourth-order valence-corrected chi connectivity index (χ4v) is 5.78. The Hall–Kier alpha value is -3.75. The number of rotatable bonds is 6. The van der Waals surface area contributed by atoms with Crippen molar-refractivity contribution in [2.24, 2.45) is 11.8 Å². The zero-order valence-corrected chi connectivity index (χ0v) is 22.6. The normalized spacial score (nSPS) is 21.1. The number of piperazine rings is 1. The smallest absolute Gasteiger partial charge is 0.247 e. The topological polar surface area (TPSA) is 120 Å². The van der Waals surface area contributed by atoms with Gasteiger partial charge in [-0.05, 0) is 80.7 Å². The van der Waals surface area contributed by atoms with Crippen LogP contribution < -0.4 is 10.6 Å². The second kappa shape index (κ2) is 9.85. The minimum atomic E-state index is -0.996. The first-order chi connectivity index (χ1) is 18.0. The molecule has 38 heavy (non-hydrogen) atoms. The number of aromatic amines is 1. The van der Waals surface area contributed by atoms with E-state index in [0.717, 1.165) is 0 Å². The number of nitrogens with zero attached hydrogens (tertiary/aromatic N) is 3. The first kappa shape index (κ1) is 25.9. The van der Waals surface area contributed by atoms with Gasteiger partial charge in [0.15, 0.2) is 0 Å². The number of H-pyrrole nitrogens is 1. The van der Waals surface area contributed by atoms with Gasteiger partial charge in [0.2, 0.25) is 17.7 Å². The second-order valence-corrected chi connectivity index (χ2v) is 12.0. The molecule has 3 aromatic rings. The van der Waals surface area contributed by atoms with Gasteiger partial charge in [0, 0.05) is 5.54 Å². The molecule has 3 N–H and O–H groups in total. The molecule has 0 saturated carbocycles. The summed E-state index contributed by atoms with van der Waals surface area (Å²) in [7, 11) is 0. The Balaban J connectivity index is 1.58. The van der Waals surface area contributed by atoms with Crippen molar-refractivity contribution < 1.29 is 14.4 Å². The first-order valence-electron chi connectivity index (χ1n) is 13.3. The summed E-state index contributed by atoms with van der Waals surface area (Å²) in [6.45, 7) is 9.73. The molecule has 0 spiro atoms. The van der Waals surface area contributed by atoms with Gasteiger partial charge in [-0.15, -0.1) is 0 Å². The Morgan fingerprint density at radius 2 is 1.71 bits per heavy atom. The molecule has 0 radical (unpaired) electrons. The highest BCUT2D eigenvalue weighted by atomic mass is 16.2. The van der Waals surface area contributed by atoms with Gasteiger partial charge in [-0.3, -0.25) is 14.4 Å². The number of carbonyl (C=O) groups excluding carboxylic acids is 3. The van der Waals surface area contributed by atoms with Crippen LogP contribution in [0.3, 0.4) is 0 Å². The molecule has 200 valence electrons. The van der Waals surface area contributed by atoms with Crippen molar-refractivity contribution in [3.8, 4) is 0 Å². The number of benzene rings is 2. The highest BCUT2D eigenvalue weighted by Crippen LogP contribution is 2.36. The molecule has 1 saturated heterocycles. The van der Waals surface area contributed by atoms with E-state index < -0.39 is 23.7 Å². The Morgan fingerprint density at radius 1 is 1.05 bits per heavy atom. The maximum absolute atomic E-state index is 14.4. The summed E-state index contributed by atoms with van der Waals surface area (Å²) in [6, 6.07) is 11.0. The Morgan fingerprint density at radius 3 is 2.34 bits per heavy atom. The van der Waals surface area contributed by atoms with Crippen molar-refractivity contribution >= 4 is 28.8 Å². The zero-order chi connectivity index (χ0) is 27.2. The quantitative estimate of drug-likeness (QED) is 0.465. The average molecular weight is 517 g/mol. The molecule has 1 fully saturated rings. The molecule has 9 nitrogen and oxygen atoms in total. The highest BCUT2D eigenvalue weighted by Gasteiger charge is 2.49. The van der Waals surface area contributed by atoms with Crippen molar-refractivity contribution in [2.45, 2.75) is 77.5 Å². The SMILES string of the molecule is CC(C)C[C@@H]1C(=O)N[C@H](C2Cc3ccccc3C2)C(=O)N1C(C(=O)NC(C)(C)C)c1ccc2n[nH]nc2c1. The molecule has 1 aromatic heterocycles. The van der Waals surface area contributed by atoms with E-state index in [4.69, 9.17) is 0 Å². The van der Waals surface area contributed by atoms with E-state index in [0.29, 0.717) is 35.9 Å². The number of fused-ring (bicyclic) bond motifs is 2. The van der Waals surface area contributed by atoms with Crippen LogP contribution >= 0.6 is 0 Å². The Kier molecular flexibility index (Phi) is 6.71. The van der Waals surface area contributed by atoms with Crippen LogP contribution in [0.15, 0.2) is 42.5 Å². The van der Waals surface area contributed by atoms with Gasteiger partial charge in [0.1, 0.15) is 29.2 Å². The molecule has 3 atom stereocenters. The maximum Gasteiger partial charge on any atom is 0.247 e. The number of nitrogens with one attached hydrogen (secondary N) is 3. The molecule has 2 heterocycles. The number of amides is 3. The van der Waals surface area contributed by atoms with Crippen molar-refractivity contribution in [1.29, 1.82) is 0 Å². The van der Waals surface area contributed by atoms with E-state index in [1.165, 1.54) is 11.1 Å². The van der Waals surface area contributed by atoms with Gasteiger partial charge in [0.05, 0.1) is 0 Å². The van der Waals surface area contributed by atoms with Crippen LogP contribution in [0.25, 0.3) is 11.0 Å². The van der Waals surface area contributed by atoms with Crippen molar-refractivity contribution in [2.75, 3.05) is 0 Å². The summed E-state index contributed by atoms with van der Waals surface area (Å²) in [5.41, 5.74) is 3.72. The molecule has 1 aliphatic carbocycles. The third-order valence-electron chi connectivity index (χ3n) is 7.39. The molecule has 2 aliphatic rings. The molecule has 3 amide bonds. The monoisotopic (exact) mass is 516 g/mol. The van der Waals surface area contributed by atoms with Crippen LogP contribution in [0.5, 0.6) is 0 Å². The standard InChI is InChI=1S/C29H36N6O3/c1-16(2)12-23-26(36)30-24(20-13-17-8-6-7-9-18(17)14-20)28(38)35(23)25(27(37)31-29(3,4)5)19-10-11-21-22(15-19)33-34-32-21/h6-11,15-16,20,23-25H,12-14H2,1-5H3,(H,30,36)(H,31,37)(H,32,33,34)/t23-,24-,25?/m1/s1. The average Bonchev–Trinajstić information content (AvgIpc) is 3.48. The lowest BCUT2D eigenvalue weighted by Gasteiger charge is -2.45. The maximum atomic E-state index is 14.4. The summed E-state index contributed by atoms with van der Waals surface area (Å²) in [4.78, 5) is 43.6. The summed E-state index contributed by atoms with van der Waals surface area (Å²) < 4.78 is 0. The van der Waals surface area contributed by atoms with Gasteiger partial charge >= 0.3 is 0 Å². The first-order valence-corrected chi connectivity index (χ1v) is 13.3. The van der Waals surface area contributed by atoms with Crippen molar-refractivity contribution in [3.05, 3.63) is 59.2 Å². The minimum Gasteiger partial charge on any atom is -0.349 e. The third kappa shape index (κ3) is 5.01.